The summed E-state index contributed by atoms with van der Waals surface area (Å²) in [5.41, 5.74) is 8.06. The molecule has 0 atom stereocenters. The quantitative estimate of drug-likeness (QED) is 0.684. The van der Waals surface area contributed by atoms with Crippen LogP contribution in [-0.2, 0) is 0 Å². The predicted octanol–water partition coefficient (Wildman–Crippen LogP) is 5.18. The number of methoxy groups -OCH3 is 1. The fraction of sp³-hybridized carbons (Fsp3) is 0.286. The summed E-state index contributed by atoms with van der Waals surface area (Å²) >= 11 is 1.59. The van der Waals surface area contributed by atoms with Crippen LogP contribution >= 0.6 is 11.3 Å². The van der Waals surface area contributed by atoms with E-state index in [0.29, 0.717) is 0 Å². The van der Waals surface area contributed by atoms with Crippen LogP contribution in [0.3, 0.4) is 0 Å². The maximum atomic E-state index is 6.18. The van der Waals surface area contributed by atoms with Gasteiger partial charge in [-0.05, 0) is 61.7 Å². The summed E-state index contributed by atoms with van der Waals surface area (Å²) in [6.07, 6.45) is 12.0. The second-order valence-corrected chi connectivity index (χ2v) is 7.06. The third-order valence-electron chi connectivity index (χ3n) is 4.36. The molecule has 5 heteroatoms. The first-order chi connectivity index (χ1) is 12.7. The smallest absolute Gasteiger partial charge is 0.162 e. The molecule has 26 heavy (non-hydrogen) atoms. The number of nitrogens with two attached hydrogens (primary N) is 1. The Kier molecular flexibility index (Phi) is 6.12. The lowest BCUT2D eigenvalue weighted by Crippen LogP contribution is -2.11. The van der Waals surface area contributed by atoms with E-state index in [4.69, 9.17) is 20.2 Å². The molecule has 0 radical (unpaired) electrons. The lowest BCUT2D eigenvalue weighted by molar-refractivity contribution is 0.201. The SMILES string of the molecule is C=C(/C=C\C=C/N)c1csc(-c2ccc(OC)c(OC3CCCC3)c2)n1. The summed E-state index contributed by atoms with van der Waals surface area (Å²) < 4.78 is 11.6. The first kappa shape index (κ1) is 18.3. The zero-order valence-corrected chi connectivity index (χ0v) is 15.8. The van der Waals surface area contributed by atoms with Crippen LogP contribution in [0.2, 0.25) is 0 Å². The first-order valence-corrected chi connectivity index (χ1v) is 9.64. The zero-order valence-electron chi connectivity index (χ0n) is 15.0. The van der Waals surface area contributed by atoms with Gasteiger partial charge >= 0.3 is 0 Å². The zero-order chi connectivity index (χ0) is 18.4. The highest BCUT2D eigenvalue weighted by Gasteiger charge is 2.19. The minimum atomic E-state index is 0.284. The van der Waals surface area contributed by atoms with E-state index in [2.05, 4.69) is 6.58 Å². The summed E-state index contributed by atoms with van der Waals surface area (Å²) in [6, 6.07) is 5.98. The van der Waals surface area contributed by atoms with Crippen LogP contribution in [0.15, 0.2) is 54.6 Å². The van der Waals surface area contributed by atoms with Crippen molar-refractivity contribution < 1.29 is 9.47 Å². The number of rotatable bonds is 7. The highest BCUT2D eigenvalue weighted by molar-refractivity contribution is 7.13. The van der Waals surface area contributed by atoms with Crippen molar-refractivity contribution in [3.05, 3.63) is 60.3 Å². The molecule has 3 rings (SSSR count). The van der Waals surface area contributed by atoms with Gasteiger partial charge in [0.1, 0.15) is 5.01 Å². The molecule has 1 fully saturated rings. The molecule has 0 spiro atoms. The number of thiazole rings is 1. The number of allylic oxidation sites excluding steroid dienone is 4. The van der Waals surface area contributed by atoms with E-state index in [9.17, 15) is 0 Å². The van der Waals surface area contributed by atoms with Gasteiger partial charge in [0.2, 0.25) is 0 Å². The molecule has 2 aromatic rings. The number of aromatic nitrogens is 1. The van der Waals surface area contributed by atoms with E-state index in [1.807, 2.05) is 35.7 Å². The van der Waals surface area contributed by atoms with E-state index in [1.165, 1.54) is 19.0 Å². The Morgan fingerprint density at radius 3 is 2.81 bits per heavy atom. The molecule has 0 amide bonds. The Labute approximate surface area is 158 Å². The van der Waals surface area contributed by atoms with E-state index < -0.39 is 0 Å². The Morgan fingerprint density at radius 1 is 1.27 bits per heavy atom. The van der Waals surface area contributed by atoms with Crippen molar-refractivity contribution in [1.29, 1.82) is 0 Å². The normalized spacial score (nSPS) is 15.1. The van der Waals surface area contributed by atoms with Crippen molar-refractivity contribution in [2.75, 3.05) is 7.11 Å². The van der Waals surface area contributed by atoms with Gasteiger partial charge in [-0.15, -0.1) is 11.3 Å². The van der Waals surface area contributed by atoms with Crippen LogP contribution in [-0.4, -0.2) is 18.2 Å². The van der Waals surface area contributed by atoms with Gasteiger partial charge in [0.25, 0.3) is 0 Å². The van der Waals surface area contributed by atoms with Gasteiger partial charge in [-0.1, -0.05) is 18.7 Å². The maximum absolute atomic E-state index is 6.18. The van der Waals surface area contributed by atoms with Crippen molar-refractivity contribution >= 4 is 16.9 Å². The molecule has 0 aliphatic heterocycles. The third kappa shape index (κ3) is 4.35. The molecule has 0 saturated heterocycles. The fourth-order valence-electron chi connectivity index (χ4n) is 2.96. The molecular formula is C21H24N2O2S. The summed E-state index contributed by atoms with van der Waals surface area (Å²) in [6.45, 7) is 4.06. The summed E-state index contributed by atoms with van der Waals surface area (Å²) in [7, 11) is 1.67. The van der Waals surface area contributed by atoms with Crippen molar-refractivity contribution in [3.63, 3.8) is 0 Å². The molecule has 1 heterocycles. The van der Waals surface area contributed by atoms with Gasteiger partial charge in [-0.2, -0.15) is 0 Å². The number of nitrogens with zero attached hydrogens (tertiary/aromatic N) is 1. The third-order valence-corrected chi connectivity index (χ3v) is 5.25. The molecule has 1 aromatic heterocycles. The monoisotopic (exact) mass is 368 g/mol. The van der Waals surface area contributed by atoms with Gasteiger partial charge < -0.3 is 15.2 Å². The van der Waals surface area contributed by atoms with Gasteiger partial charge in [0.15, 0.2) is 11.5 Å². The Hall–Kier alpha value is -2.53. The number of ether oxygens (including phenoxy) is 2. The van der Waals surface area contributed by atoms with Crippen LogP contribution in [0.1, 0.15) is 31.4 Å². The first-order valence-electron chi connectivity index (χ1n) is 8.76. The molecule has 0 bridgehead atoms. The predicted molar refractivity (Wildman–Crippen MR) is 108 cm³/mol. The molecule has 136 valence electrons. The van der Waals surface area contributed by atoms with Gasteiger partial charge in [0.05, 0.1) is 18.9 Å². The molecule has 1 saturated carbocycles. The average Bonchev–Trinajstić information content (AvgIpc) is 3.34. The second kappa shape index (κ2) is 8.72. The fourth-order valence-corrected chi connectivity index (χ4v) is 3.80. The topological polar surface area (TPSA) is 57.4 Å². The van der Waals surface area contributed by atoms with Crippen LogP contribution in [0.4, 0.5) is 0 Å². The highest BCUT2D eigenvalue weighted by Crippen LogP contribution is 2.36. The second-order valence-electron chi connectivity index (χ2n) is 6.20. The molecular weight excluding hydrogens is 344 g/mol. The molecule has 2 N–H and O–H groups in total. The molecule has 1 aliphatic carbocycles. The summed E-state index contributed by atoms with van der Waals surface area (Å²) in [4.78, 5) is 4.70. The van der Waals surface area contributed by atoms with Crippen LogP contribution in [0, 0.1) is 0 Å². The summed E-state index contributed by atoms with van der Waals surface area (Å²) in [5.74, 6) is 1.55. The van der Waals surface area contributed by atoms with Crippen molar-refractivity contribution in [3.8, 4) is 22.1 Å². The Balaban J connectivity index is 1.81. The number of hydrogen-bond donors (Lipinski definition) is 1. The largest absolute Gasteiger partial charge is 0.493 e. The standard InChI is InChI=1S/C21H24N2O2S/c1-15(7-5-6-12-22)18-14-26-21(23-18)16-10-11-19(24-2)20(13-16)25-17-8-3-4-9-17/h5-7,10-14,17H,1,3-4,8-9,22H2,2H3/b7-5-,12-6-. The number of benzene rings is 1. The Bertz CT molecular complexity index is 817. The summed E-state index contributed by atoms with van der Waals surface area (Å²) in [5, 5.41) is 2.94. The van der Waals surface area contributed by atoms with E-state index >= 15 is 0 Å². The van der Waals surface area contributed by atoms with E-state index in [1.54, 1.807) is 24.5 Å². The highest BCUT2D eigenvalue weighted by atomic mass is 32.1. The van der Waals surface area contributed by atoms with Crippen LogP contribution in [0.5, 0.6) is 11.5 Å². The van der Waals surface area contributed by atoms with E-state index in [0.717, 1.165) is 46.2 Å². The minimum absolute atomic E-state index is 0.284. The molecule has 1 aromatic carbocycles. The van der Waals surface area contributed by atoms with Crippen molar-refractivity contribution in [2.45, 2.75) is 31.8 Å². The van der Waals surface area contributed by atoms with Gasteiger partial charge in [0, 0.05) is 10.9 Å². The van der Waals surface area contributed by atoms with Crippen LogP contribution < -0.4 is 15.2 Å². The lowest BCUT2D eigenvalue weighted by Gasteiger charge is -2.16. The van der Waals surface area contributed by atoms with Crippen molar-refractivity contribution in [1.82, 2.24) is 4.98 Å². The molecule has 1 aliphatic rings. The number of hydrogen-bond acceptors (Lipinski definition) is 5. The Morgan fingerprint density at radius 2 is 2.08 bits per heavy atom. The molecule has 4 nitrogen and oxygen atoms in total. The van der Waals surface area contributed by atoms with E-state index in [-0.39, 0.29) is 6.10 Å². The average molecular weight is 369 g/mol. The van der Waals surface area contributed by atoms with Gasteiger partial charge in [-0.25, -0.2) is 4.98 Å². The maximum Gasteiger partial charge on any atom is 0.162 e. The van der Waals surface area contributed by atoms with Crippen molar-refractivity contribution in [2.24, 2.45) is 5.73 Å². The molecule has 0 unspecified atom stereocenters. The van der Waals surface area contributed by atoms with Crippen LogP contribution in [0.25, 0.3) is 16.1 Å². The lowest BCUT2D eigenvalue weighted by atomic mass is 10.2. The minimum Gasteiger partial charge on any atom is -0.493 e. The van der Waals surface area contributed by atoms with Gasteiger partial charge in [-0.3, -0.25) is 0 Å².